The number of aryl methyl sites for hydroxylation is 2. The second-order valence-electron chi connectivity index (χ2n) is 7.66. The molecule has 1 saturated heterocycles. The molecule has 1 aliphatic heterocycles. The number of halogens is 2. The normalized spacial score (nSPS) is 15.7. The van der Waals surface area contributed by atoms with Gasteiger partial charge in [-0.05, 0) is 68.7 Å². The van der Waals surface area contributed by atoms with Crippen LogP contribution in [0.2, 0.25) is 0 Å². The number of carbonyl (C=O) groups excluding carboxylic acids is 1. The summed E-state index contributed by atoms with van der Waals surface area (Å²) in [5, 5.41) is 7.35. The maximum absolute atomic E-state index is 14.8. The van der Waals surface area contributed by atoms with E-state index >= 15 is 0 Å². The Labute approximate surface area is 173 Å². The number of nitrogens with zero attached hydrogens (tertiary/aromatic N) is 2. The number of ether oxygens (including phenoxy) is 1. The first-order valence-corrected chi connectivity index (χ1v) is 9.87. The summed E-state index contributed by atoms with van der Waals surface area (Å²) in [6.07, 6.45) is 1.10. The summed E-state index contributed by atoms with van der Waals surface area (Å²) in [6, 6.07) is 12.3. The van der Waals surface area contributed by atoms with Crippen molar-refractivity contribution in [3.63, 3.8) is 0 Å². The van der Waals surface area contributed by atoms with Crippen LogP contribution in [0.3, 0.4) is 0 Å². The van der Waals surface area contributed by atoms with Gasteiger partial charge in [0, 0.05) is 24.5 Å². The van der Waals surface area contributed by atoms with Gasteiger partial charge in [0.1, 0.15) is 17.3 Å². The molecule has 4 rings (SSSR count). The zero-order valence-corrected chi connectivity index (χ0v) is 16.9. The highest BCUT2D eigenvalue weighted by Gasteiger charge is 2.36. The van der Waals surface area contributed by atoms with E-state index in [-0.39, 0.29) is 23.0 Å². The molecular weight excluding hydrogens is 388 g/mol. The van der Waals surface area contributed by atoms with E-state index in [1.54, 1.807) is 24.3 Å². The first-order valence-electron chi connectivity index (χ1n) is 9.87. The molecule has 156 valence electrons. The topological polar surface area (TPSA) is 56.2 Å². The highest BCUT2D eigenvalue weighted by molar-refractivity contribution is 5.95. The first-order chi connectivity index (χ1) is 14.4. The quantitative estimate of drug-likeness (QED) is 0.700. The second-order valence-corrected chi connectivity index (χ2v) is 7.66. The molecule has 0 radical (unpaired) electrons. The Morgan fingerprint density at radius 2 is 1.77 bits per heavy atom. The molecule has 1 N–H and O–H groups in total. The van der Waals surface area contributed by atoms with Gasteiger partial charge in [-0.3, -0.25) is 4.79 Å². The van der Waals surface area contributed by atoms with Crippen LogP contribution < -0.4 is 5.32 Å². The van der Waals surface area contributed by atoms with Crippen LogP contribution in [0.25, 0.3) is 5.69 Å². The highest BCUT2D eigenvalue weighted by atomic mass is 19.1. The number of aromatic nitrogens is 2. The summed E-state index contributed by atoms with van der Waals surface area (Å²) in [7, 11) is 0. The molecule has 0 spiro atoms. The van der Waals surface area contributed by atoms with E-state index in [1.807, 2.05) is 19.9 Å². The van der Waals surface area contributed by atoms with Gasteiger partial charge < -0.3 is 10.1 Å². The molecule has 0 bridgehead atoms. The van der Waals surface area contributed by atoms with E-state index in [1.165, 1.54) is 22.9 Å². The lowest BCUT2D eigenvalue weighted by Gasteiger charge is -2.38. The maximum atomic E-state index is 14.8. The van der Waals surface area contributed by atoms with Gasteiger partial charge in [-0.15, -0.1) is 0 Å². The first kappa shape index (κ1) is 20.2. The van der Waals surface area contributed by atoms with Crippen LogP contribution in [-0.2, 0) is 10.3 Å². The van der Waals surface area contributed by atoms with E-state index in [0.717, 1.165) is 17.0 Å². The largest absolute Gasteiger partial charge is 0.381 e. The Kier molecular flexibility index (Phi) is 5.39. The Balaban J connectivity index is 1.62. The molecule has 1 amide bonds. The molecule has 0 aliphatic carbocycles. The van der Waals surface area contributed by atoms with E-state index in [9.17, 15) is 13.6 Å². The SMILES string of the molecule is Cc1cc(C)n(-c2ccc(C(=O)NC3(c4ccc(F)cc4)CCOCC3)cc2F)n1. The minimum atomic E-state index is -0.687. The summed E-state index contributed by atoms with van der Waals surface area (Å²) in [5.41, 5.74) is 2.21. The molecule has 2 heterocycles. The third-order valence-electron chi connectivity index (χ3n) is 5.54. The third kappa shape index (κ3) is 3.85. The third-order valence-corrected chi connectivity index (χ3v) is 5.54. The van der Waals surface area contributed by atoms with Gasteiger partial charge in [0.25, 0.3) is 5.91 Å². The standard InChI is InChI=1S/C23H23F2N3O2/c1-15-13-16(2)28(27-15)21-8-3-17(14-20(21)25)22(29)26-23(9-11-30-12-10-23)18-4-6-19(24)7-5-18/h3-8,13-14H,9-12H2,1-2H3,(H,26,29). The highest BCUT2D eigenvalue weighted by Crippen LogP contribution is 2.33. The Bertz CT molecular complexity index is 1070. The van der Waals surface area contributed by atoms with Gasteiger partial charge in [-0.1, -0.05) is 12.1 Å². The molecule has 0 saturated carbocycles. The Hall–Kier alpha value is -3.06. The zero-order chi connectivity index (χ0) is 21.3. The number of benzene rings is 2. The van der Waals surface area contributed by atoms with Gasteiger partial charge in [-0.2, -0.15) is 5.10 Å². The van der Waals surface area contributed by atoms with Crippen LogP contribution in [-0.4, -0.2) is 28.9 Å². The minimum absolute atomic E-state index is 0.214. The minimum Gasteiger partial charge on any atom is -0.381 e. The van der Waals surface area contributed by atoms with Crippen LogP contribution in [0.1, 0.15) is 40.2 Å². The molecule has 5 nitrogen and oxygen atoms in total. The molecule has 1 aliphatic rings. The lowest BCUT2D eigenvalue weighted by molar-refractivity contribution is 0.0345. The van der Waals surface area contributed by atoms with Crippen LogP contribution in [0.15, 0.2) is 48.5 Å². The lowest BCUT2D eigenvalue weighted by Crippen LogP contribution is -2.49. The van der Waals surface area contributed by atoms with Crippen molar-refractivity contribution in [3.05, 3.63) is 82.7 Å². The van der Waals surface area contributed by atoms with E-state index in [2.05, 4.69) is 10.4 Å². The maximum Gasteiger partial charge on any atom is 0.252 e. The van der Waals surface area contributed by atoms with Crippen molar-refractivity contribution in [1.29, 1.82) is 0 Å². The predicted octanol–water partition coefficient (Wildman–Crippen LogP) is 4.20. The van der Waals surface area contributed by atoms with Crippen LogP contribution in [0.4, 0.5) is 8.78 Å². The number of hydrogen-bond donors (Lipinski definition) is 1. The second kappa shape index (κ2) is 7.99. The summed E-state index contributed by atoms with van der Waals surface area (Å²) in [4.78, 5) is 13.0. The molecule has 2 aromatic carbocycles. The monoisotopic (exact) mass is 411 g/mol. The number of carbonyl (C=O) groups is 1. The fourth-order valence-electron chi connectivity index (χ4n) is 3.96. The van der Waals surface area contributed by atoms with Crippen molar-refractivity contribution in [2.45, 2.75) is 32.2 Å². The Morgan fingerprint density at radius 1 is 1.07 bits per heavy atom. The molecular formula is C23H23F2N3O2. The summed E-state index contributed by atoms with van der Waals surface area (Å²) < 4.78 is 35.2. The van der Waals surface area contributed by atoms with Crippen molar-refractivity contribution in [2.24, 2.45) is 0 Å². The molecule has 0 atom stereocenters. The number of rotatable bonds is 4. The van der Waals surface area contributed by atoms with Crippen molar-refractivity contribution in [3.8, 4) is 5.69 Å². The molecule has 1 fully saturated rings. The van der Waals surface area contributed by atoms with E-state index < -0.39 is 11.4 Å². The molecule has 7 heteroatoms. The van der Waals surface area contributed by atoms with Crippen molar-refractivity contribution >= 4 is 5.91 Å². The average Bonchev–Trinajstić information content (AvgIpc) is 3.06. The summed E-state index contributed by atoms with van der Waals surface area (Å²) in [6.45, 7) is 4.63. The fourth-order valence-corrected chi connectivity index (χ4v) is 3.96. The van der Waals surface area contributed by atoms with Crippen LogP contribution in [0, 0.1) is 25.5 Å². The molecule has 3 aromatic rings. The van der Waals surface area contributed by atoms with Crippen LogP contribution >= 0.6 is 0 Å². The number of hydrogen-bond acceptors (Lipinski definition) is 3. The van der Waals surface area contributed by atoms with Gasteiger partial charge in [0.2, 0.25) is 0 Å². The van der Waals surface area contributed by atoms with Gasteiger partial charge >= 0.3 is 0 Å². The zero-order valence-electron chi connectivity index (χ0n) is 16.9. The van der Waals surface area contributed by atoms with Crippen molar-refractivity contribution < 1.29 is 18.3 Å². The predicted molar refractivity (Wildman–Crippen MR) is 109 cm³/mol. The fraction of sp³-hybridized carbons (Fsp3) is 0.304. The molecule has 1 aromatic heterocycles. The van der Waals surface area contributed by atoms with Gasteiger partial charge in [-0.25, -0.2) is 13.5 Å². The lowest BCUT2D eigenvalue weighted by atomic mass is 9.82. The van der Waals surface area contributed by atoms with E-state index in [0.29, 0.717) is 26.1 Å². The molecule has 30 heavy (non-hydrogen) atoms. The van der Waals surface area contributed by atoms with E-state index in [4.69, 9.17) is 4.74 Å². The van der Waals surface area contributed by atoms with Gasteiger partial charge in [0.05, 0.1) is 11.2 Å². The number of nitrogens with one attached hydrogen (secondary N) is 1. The van der Waals surface area contributed by atoms with Crippen molar-refractivity contribution in [1.82, 2.24) is 15.1 Å². The summed E-state index contributed by atoms with van der Waals surface area (Å²) >= 11 is 0. The van der Waals surface area contributed by atoms with Crippen LogP contribution in [0.5, 0.6) is 0 Å². The number of amides is 1. The van der Waals surface area contributed by atoms with Gasteiger partial charge in [0.15, 0.2) is 0 Å². The summed E-state index contributed by atoms with van der Waals surface area (Å²) in [5.74, 6) is -1.26. The average molecular weight is 411 g/mol. The molecule has 0 unspecified atom stereocenters. The smallest absolute Gasteiger partial charge is 0.252 e. The van der Waals surface area contributed by atoms with Crippen molar-refractivity contribution in [2.75, 3.05) is 13.2 Å². The Morgan fingerprint density at radius 3 is 2.37 bits per heavy atom.